The van der Waals surface area contributed by atoms with Gasteiger partial charge in [0.15, 0.2) is 5.82 Å². The molecule has 20 heavy (non-hydrogen) atoms. The van der Waals surface area contributed by atoms with Crippen LogP contribution >= 0.6 is 0 Å². The van der Waals surface area contributed by atoms with E-state index in [0.717, 1.165) is 16.6 Å². The lowest BCUT2D eigenvalue weighted by molar-refractivity contribution is -0.116. The molecule has 3 rings (SSSR count). The summed E-state index contributed by atoms with van der Waals surface area (Å²) in [4.78, 5) is 13.5. The molecular formula is C14H15N5O. The van der Waals surface area contributed by atoms with Crippen molar-refractivity contribution in [3.05, 3.63) is 42.2 Å². The highest BCUT2D eigenvalue weighted by Crippen LogP contribution is 2.19. The highest BCUT2D eigenvalue weighted by atomic mass is 16.2. The largest absolute Gasteiger partial charge is 0.335 e. The van der Waals surface area contributed by atoms with Crippen LogP contribution in [0.4, 0.5) is 5.82 Å². The molecule has 0 radical (unpaired) electrons. The Morgan fingerprint density at radius 3 is 2.90 bits per heavy atom. The van der Waals surface area contributed by atoms with Crippen LogP contribution in [0.3, 0.4) is 0 Å². The van der Waals surface area contributed by atoms with Crippen molar-refractivity contribution < 1.29 is 4.79 Å². The van der Waals surface area contributed by atoms with Crippen molar-refractivity contribution in [2.45, 2.75) is 13.5 Å². The Kier molecular flexibility index (Phi) is 2.98. The Morgan fingerprint density at radius 1 is 1.35 bits per heavy atom. The van der Waals surface area contributed by atoms with E-state index in [1.54, 1.807) is 7.05 Å². The number of anilines is 1. The number of nitrogens with one attached hydrogen (secondary N) is 1. The highest BCUT2D eigenvalue weighted by molar-refractivity contribution is 5.91. The molecule has 0 saturated heterocycles. The van der Waals surface area contributed by atoms with Crippen molar-refractivity contribution >= 4 is 22.6 Å². The number of amides is 1. The number of para-hydroxylation sites is 1. The fourth-order valence-corrected chi connectivity index (χ4v) is 2.29. The molecule has 0 fully saturated rings. The predicted octanol–water partition coefficient (Wildman–Crippen LogP) is 1.72. The monoisotopic (exact) mass is 269 g/mol. The third-order valence-corrected chi connectivity index (χ3v) is 3.19. The fraction of sp³-hybridized carbons (Fsp3) is 0.214. The van der Waals surface area contributed by atoms with Gasteiger partial charge in [-0.25, -0.2) is 0 Å². The van der Waals surface area contributed by atoms with Crippen LogP contribution in [0.25, 0.3) is 10.9 Å². The summed E-state index contributed by atoms with van der Waals surface area (Å²) in [5.74, 6) is 0.349. The van der Waals surface area contributed by atoms with Crippen LogP contribution < -0.4 is 5.32 Å². The Labute approximate surface area is 116 Å². The standard InChI is InChI=1S/C14H15N5O/c1-10-7-11-5-3-4-6-12(11)19(10)9-14(20)16-13-8-15-18(2)17-13/h3-8H,9H2,1-2H3,(H,16,17,20). The number of carbonyl (C=O) groups excluding carboxylic acids is 1. The van der Waals surface area contributed by atoms with Crippen LogP contribution in [0.15, 0.2) is 36.5 Å². The number of nitrogens with zero attached hydrogens (tertiary/aromatic N) is 4. The topological polar surface area (TPSA) is 64.7 Å². The molecule has 3 aromatic rings. The summed E-state index contributed by atoms with van der Waals surface area (Å²) in [6.07, 6.45) is 1.53. The van der Waals surface area contributed by atoms with E-state index >= 15 is 0 Å². The SMILES string of the molecule is Cc1cc2ccccc2n1CC(=O)Nc1cnn(C)n1. The number of hydrogen-bond donors (Lipinski definition) is 1. The minimum absolute atomic E-state index is 0.116. The average Bonchev–Trinajstić information content (AvgIpc) is 2.94. The van der Waals surface area contributed by atoms with E-state index in [1.165, 1.54) is 11.0 Å². The van der Waals surface area contributed by atoms with Crippen LogP contribution in [-0.4, -0.2) is 25.5 Å². The molecule has 1 N–H and O–H groups in total. The van der Waals surface area contributed by atoms with Crippen molar-refractivity contribution in [1.82, 2.24) is 19.6 Å². The van der Waals surface area contributed by atoms with Crippen LogP contribution in [0.5, 0.6) is 0 Å². The van der Waals surface area contributed by atoms with Gasteiger partial charge in [0.2, 0.25) is 5.91 Å². The van der Waals surface area contributed by atoms with E-state index in [9.17, 15) is 4.79 Å². The lowest BCUT2D eigenvalue weighted by Crippen LogP contribution is -2.19. The molecular weight excluding hydrogens is 254 g/mol. The summed E-state index contributed by atoms with van der Waals surface area (Å²) in [5, 5.41) is 11.8. The zero-order chi connectivity index (χ0) is 14.1. The summed E-state index contributed by atoms with van der Waals surface area (Å²) in [5.41, 5.74) is 2.11. The van der Waals surface area contributed by atoms with Gasteiger partial charge in [-0.1, -0.05) is 18.2 Å². The predicted molar refractivity (Wildman–Crippen MR) is 76.3 cm³/mol. The quantitative estimate of drug-likeness (QED) is 0.787. The second-order valence-electron chi connectivity index (χ2n) is 4.70. The van der Waals surface area contributed by atoms with Crippen LogP contribution in [0, 0.1) is 6.92 Å². The molecule has 2 heterocycles. The van der Waals surface area contributed by atoms with Crippen molar-refractivity contribution in [3.63, 3.8) is 0 Å². The molecule has 0 saturated carbocycles. The first kappa shape index (κ1) is 12.4. The third-order valence-electron chi connectivity index (χ3n) is 3.19. The molecule has 0 bridgehead atoms. The van der Waals surface area contributed by atoms with Gasteiger partial charge in [-0.05, 0) is 24.4 Å². The molecule has 0 aliphatic carbocycles. The van der Waals surface area contributed by atoms with Gasteiger partial charge in [0.05, 0.1) is 6.20 Å². The Balaban J connectivity index is 1.82. The molecule has 0 atom stereocenters. The Hall–Kier alpha value is -2.63. The lowest BCUT2D eigenvalue weighted by atomic mass is 10.2. The van der Waals surface area contributed by atoms with Crippen molar-refractivity contribution in [2.24, 2.45) is 7.05 Å². The third kappa shape index (κ3) is 2.27. The van der Waals surface area contributed by atoms with Gasteiger partial charge in [-0.3, -0.25) is 4.79 Å². The second-order valence-corrected chi connectivity index (χ2v) is 4.70. The first-order valence-electron chi connectivity index (χ1n) is 6.34. The average molecular weight is 269 g/mol. The minimum Gasteiger partial charge on any atom is -0.335 e. The number of hydrogen-bond acceptors (Lipinski definition) is 3. The molecule has 1 aromatic carbocycles. The van der Waals surface area contributed by atoms with Gasteiger partial charge in [-0.15, -0.1) is 5.10 Å². The van der Waals surface area contributed by atoms with Crippen molar-refractivity contribution in [2.75, 3.05) is 5.32 Å². The van der Waals surface area contributed by atoms with E-state index in [-0.39, 0.29) is 12.5 Å². The second kappa shape index (κ2) is 4.80. The van der Waals surface area contributed by atoms with Gasteiger partial charge in [-0.2, -0.15) is 9.90 Å². The van der Waals surface area contributed by atoms with Crippen LogP contribution in [0.2, 0.25) is 0 Å². The maximum Gasteiger partial charge on any atom is 0.245 e. The van der Waals surface area contributed by atoms with Gasteiger partial charge < -0.3 is 9.88 Å². The normalized spacial score (nSPS) is 10.9. The summed E-state index contributed by atoms with van der Waals surface area (Å²) < 4.78 is 1.99. The first-order chi connectivity index (χ1) is 9.63. The van der Waals surface area contributed by atoms with E-state index in [4.69, 9.17) is 0 Å². The van der Waals surface area contributed by atoms with Crippen molar-refractivity contribution in [3.8, 4) is 0 Å². The van der Waals surface area contributed by atoms with Gasteiger partial charge in [0, 0.05) is 18.3 Å². The number of carbonyl (C=O) groups is 1. The highest BCUT2D eigenvalue weighted by Gasteiger charge is 2.10. The van der Waals surface area contributed by atoms with Crippen molar-refractivity contribution in [1.29, 1.82) is 0 Å². The zero-order valence-electron chi connectivity index (χ0n) is 11.4. The molecule has 0 unspecified atom stereocenters. The van der Waals surface area contributed by atoms with Crippen LogP contribution in [-0.2, 0) is 18.4 Å². The zero-order valence-corrected chi connectivity index (χ0v) is 11.4. The molecule has 0 aliphatic heterocycles. The molecule has 6 nitrogen and oxygen atoms in total. The van der Waals surface area contributed by atoms with Crippen LogP contribution in [0.1, 0.15) is 5.69 Å². The summed E-state index contributed by atoms with van der Waals surface area (Å²) in [7, 11) is 1.71. The summed E-state index contributed by atoms with van der Waals surface area (Å²) in [6.45, 7) is 2.26. The van der Waals surface area contributed by atoms with Gasteiger partial charge in [0.25, 0.3) is 0 Å². The first-order valence-corrected chi connectivity index (χ1v) is 6.34. The van der Waals surface area contributed by atoms with Gasteiger partial charge in [0.1, 0.15) is 6.54 Å². The molecule has 1 amide bonds. The molecule has 102 valence electrons. The lowest BCUT2D eigenvalue weighted by Gasteiger charge is -2.07. The minimum atomic E-state index is -0.116. The number of rotatable bonds is 3. The molecule has 0 spiro atoms. The summed E-state index contributed by atoms with van der Waals surface area (Å²) >= 11 is 0. The Bertz CT molecular complexity index is 771. The van der Waals surface area contributed by atoms with Gasteiger partial charge >= 0.3 is 0 Å². The summed E-state index contributed by atoms with van der Waals surface area (Å²) in [6, 6.07) is 10.1. The van der Waals surface area contributed by atoms with E-state index in [0.29, 0.717) is 5.82 Å². The fourth-order valence-electron chi connectivity index (χ4n) is 2.29. The number of fused-ring (bicyclic) bond motifs is 1. The van der Waals surface area contributed by atoms with E-state index in [1.807, 2.05) is 35.8 Å². The number of benzene rings is 1. The molecule has 0 aliphatic rings. The van der Waals surface area contributed by atoms with E-state index < -0.39 is 0 Å². The Morgan fingerprint density at radius 2 is 2.15 bits per heavy atom. The molecule has 2 aromatic heterocycles. The van der Waals surface area contributed by atoms with E-state index in [2.05, 4.69) is 21.6 Å². The smallest absolute Gasteiger partial charge is 0.245 e. The molecule has 6 heteroatoms. The maximum atomic E-state index is 12.1. The maximum absolute atomic E-state index is 12.1. The number of aryl methyl sites for hydroxylation is 2. The number of aromatic nitrogens is 4.